The van der Waals surface area contributed by atoms with Gasteiger partial charge in [0.15, 0.2) is 17.5 Å². The van der Waals surface area contributed by atoms with Gasteiger partial charge in [0.2, 0.25) is 0 Å². The van der Waals surface area contributed by atoms with Gasteiger partial charge in [-0.15, -0.1) is 0 Å². The number of amides is 2. The highest BCUT2D eigenvalue weighted by Gasteiger charge is 2.40. The number of hydrogen-bond donors (Lipinski definition) is 4. The molecule has 42 heavy (non-hydrogen) atoms. The molecule has 14 heteroatoms. The fraction of sp³-hybridized carbons (Fsp3) is 0.536. The first-order valence-electron chi connectivity index (χ1n) is 14.1. The Balaban J connectivity index is 1.13. The lowest BCUT2D eigenvalue weighted by Crippen LogP contribution is -2.58. The van der Waals surface area contributed by atoms with Crippen LogP contribution in [0.4, 0.5) is 0 Å². The maximum atomic E-state index is 13.6. The summed E-state index contributed by atoms with van der Waals surface area (Å²) in [5.74, 6) is -0.0940. The number of piperidine rings is 1. The third-order valence-electron chi connectivity index (χ3n) is 7.86. The summed E-state index contributed by atoms with van der Waals surface area (Å²) in [6.45, 7) is 5.78. The molecule has 2 amide bonds. The SMILES string of the molecule is COCCOCOCCn1ccc2c(C(=O)N3CCC4(CC3)CN=C(NC(=O)C3=NC(C)C(N)N=C3N)N4)cccc21. The number of aromatic nitrogens is 1. The number of aliphatic imine (C=N–C) groups is 3. The molecule has 1 aromatic heterocycles. The van der Waals surface area contributed by atoms with Gasteiger partial charge >= 0.3 is 0 Å². The van der Waals surface area contributed by atoms with Crippen LogP contribution in [0.1, 0.15) is 30.1 Å². The number of amidine groups is 1. The number of rotatable bonds is 10. The summed E-state index contributed by atoms with van der Waals surface area (Å²) in [6, 6.07) is 7.43. The van der Waals surface area contributed by atoms with Gasteiger partial charge in [0, 0.05) is 49.4 Å². The van der Waals surface area contributed by atoms with Gasteiger partial charge in [0.25, 0.3) is 11.8 Å². The van der Waals surface area contributed by atoms with E-state index < -0.39 is 12.1 Å². The van der Waals surface area contributed by atoms with Crippen LogP contribution in [0.25, 0.3) is 10.9 Å². The highest BCUT2D eigenvalue weighted by atomic mass is 16.7. The molecule has 2 aromatic rings. The molecule has 5 rings (SSSR count). The quantitative estimate of drug-likeness (QED) is 0.220. The first-order valence-corrected chi connectivity index (χ1v) is 14.1. The molecule has 1 fully saturated rings. The predicted molar refractivity (Wildman–Crippen MR) is 159 cm³/mol. The molecule has 6 N–H and O–H groups in total. The van der Waals surface area contributed by atoms with Crippen LogP contribution in [-0.4, -0.2) is 110 Å². The Morgan fingerprint density at radius 2 is 1.93 bits per heavy atom. The second kappa shape index (κ2) is 13.0. The summed E-state index contributed by atoms with van der Waals surface area (Å²) in [4.78, 5) is 41.1. The molecule has 1 saturated heterocycles. The van der Waals surface area contributed by atoms with Gasteiger partial charge in [-0.25, -0.2) is 4.99 Å². The van der Waals surface area contributed by atoms with Crippen LogP contribution in [0.5, 0.6) is 0 Å². The van der Waals surface area contributed by atoms with Crippen molar-refractivity contribution in [1.82, 2.24) is 20.1 Å². The van der Waals surface area contributed by atoms with Crippen molar-refractivity contribution in [2.24, 2.45) is 26.4 Å². The molecular weight excluding hydrogens is 542 g/mol. The Morgan fingerprint density at radius 3 is 2.71 bits per heavy atom. The molecule has 3 aliphatic rings. The summed E-state index contributed by atoms with van der Waals surface area (Å²) in [6.07, 6.45) is 2.80. The number of benzene rings is 1. The van der Waals surface area contributed by atoms with E-state index >= 15 is 0 Å². The number of ether oxygens (including phenoxy) is 3. The maximum absolute atomic E-state index is 13.6. The topological polar surface area (TPSA) is 183 Å². The summed E-state index contributed by atoms with van der Waals surface area (Å²) in [5.41, 5.74) is 13.1. The van der Waals surface area contributed by atoms with Crippen molar-refractivity contribution in [2.75, 3.05) is 53.4 Å². The minimum Gasteiger partial charge on any atom is -0.382 e. The van der Waals surface area contributed by atoms with Gasteiger partial charge in [-0.05, 0) is 38.0 Å². The summed E-state index contributed by atoms with van der Waals surface area (Å²) in [7, 11) is 1.63. The maximum Gasteiger partial charge on any atom is 0.279 e. The van der Waals surface area contributed by atoms with Crippen molar-refractivity contribution >= 4 is 40.2 Å². The number of carbonyl (C=O) groups is 2. The van der Waals surface area contributed by atoms with Gasteiger partial charge in [-0.2, -0.15) is 0 Å². The number of nitrogens with zero attached hydrogens (tertiary/aromatic N) is 5. The van der Waals surface area contributed by atoms with E-state index in [1.807, 2.05) is 35.4 Å². The standard InChI is InChI=1S/C28H39N9O5/c1-18-23(29)33-24(30)22(32-18)25(38)34-27-31-16-28(35-27)7-10-37(11-8-28)26(39)20-4-3-5-21-19(20)6-9-36(21)12-13-41-17-42-15-14-40-2/h3-6,9,18,23H,7-8,10-17,29H2,1-2H3,(H2,30,33)(H2,31,34,35,38). The zero-order valence-electron chi connectivity index (χ0n) is 24.0. The van der Waals surface area contributed by atoms with Crippen LogP contribution < -0.4 is 22.1 Å². The molecule has 2 unspecified atom stereocenters. The highest BCUT2D eigenvalue weighted by molar-refractivity contribution is 6.67. The van der Waals surface area contributed by atoms with E-state index in [4.69, 9.17) is 25.7 Å². The lowest BCUT2D eigenvalue weighted by Gasteiger charge is -2.39. The highest BCUT2D eigenvalue weighted by Crippen LogP contribution is 2.28. The van der Waals surface area contributed by atoms with Crippen molar-refractivity contribution in [3.8, 4) is 0 Å². The number of hydrogen-bond acceptors (Lipinski definition) is 11. The minimum atomic E-state index is -0.567. The van der Waals surface area contributed by atoms with Crippen molar-refractivity contribution in [3.63, 3.8) is 0 Å². The Bertz CT molecular complexity index is 1390. The molecule has 2 atom stereocenters. The van der Waals surface area contributed by atoms with Crippen LogP contribution in [0.3, 0.4) is 0 Å². The fourth-order valence-corrected chi connectivity index (χ4v) is 5.33. The van der Waals surface area contributed by atoms with Crippen LogP contribution in [0.15, 0.2) is 45.4 Å². The zero-order chi connectivity index (χ0) is 29.7. The van der Waals surface area contributed by atoms with Gasteiger partial charge in [0.05, 0.1) is 37.9 Å². The van der Waals surface area contributed by atoms with Crippen LogP contribution in [0.2, 0.25) is 0 Å². The van der Waals surface area contributed by atoms with E-state index in [-0.39, 0.29) is 35.8 Å². The van der Waals surface area contributed by atoms with Crippen molar-refractivity contribution in [1.29, 1.82) is 0 Å². The minimum absolute atomic E-state index is 0.000773. The largest absolute Gasteiger partial charge is 0.382 e. The third kappa shape index (κ3) is 6.46. The lowest BCUT2D eigenvalue weighted by molar-refractivity contribution is -0.113. The van der Waals surface area contributed by atoms with Gasteiger partial charge < -0.3 is 40.5 Å². The van der Waals surface area contributed by atoms with E-state index in [1.54, 1.807) is 14.0 Å². The van der Waals surface area contributed by atoms with Crippen molar-refractivity contribution < 1.29 is 23.8 Å². The second-order valence-corrected chi connectivity index (χ2v) is 10.7. The molecule has 1 aromatic carbocycles. The Kier molecular flexibility index (Phi) is 9.16. The predicted octanol–water partition coefficient (Wildman–Crippen LogP) is -0.186. The number of nitrogens with one attached hydrogen (secondary N) is 2. The third-order valence-corrected chi connectivity index (χ3v) is 7.86. The average Bonchev–Trinajstić information content (AvgIpc) is 3.58. The zero-order valence-corrected chi connectivity index (χ0v) is 24.0. The average molecular weight is 582 g/mol. The van der Waals surface area contributed by atoms with Gasteiger partial charge in [0.1, 0.15) is 13.0 Å². The molecule has 0 radical (unpaired) electrons. The number of nitrogens with two attached hydrogens (primary N) is 2. The van der Waals surface area contributed by atoms with E-state index in [9.17, 15) is 9.59 Å². The number of methoxy groups -OCH3 is 1. The number of carbonyl (C=O) groups excluding carboxylic acids is 2. The smallest absolute Gasteiger partial charge is 0.279 e. The van der Waals surface area contributed by atoms with E-state index in [1.165, 1.54) is 0 Å². The Morgan fingerprint density at radius 1 is 1.14 bits per heavy atom. The Hall–Kier alpha value is -3.85. The molecule has 4 heterocycles. The normalized spacial score (nSPS) is 21.6. The first-order chi connectivity index (χ1) is 20.3. The second-order valence-electron chi connectivity index (χ2n) is 10.7. The van der Waals surface area contributed by atoms with Crippen LogP contribution in [0, 0.1) is 0 Å². The number of guanidine groups is 1. The Labute approximate surface area is 244 Å². The van der Waals surface area contributed by atoms with Crippen molar-refractivity contribution in [2.45, 2.75) is 44.1 Å². The van der Waals surface area contributed by atoms with Crippen LogP contribution >= 0.6 is 0 Å². The molecule has 1 spiro atoms. The van der Waals surface area contributed by atoms with E-state index in [2.05, 4.69) is 30.2 Å². The van der Waals surface area contributed by atoms with E-state index in [0.29, 0.717) is 70.4 Å². The number of likely N-dealkylation sites (tertiary alicyclic amines) is 1. The van der Waals surface area contributed by atoms with Crippen molar-refractivity contribution in [3.05, 3.63) is 36.0 Å². The molecule has 3 aliphatic heterocycles. The summed E-state index contributed by atoms with van der Waals surface area (Å²) < 4.78 is 17.9. The first kappa shape index (κ1) is 29.6. The molecule has 0 saturated carbocycles. The monoisotopic (exact) mass is 581 g/mol. The molecule has 0 aliphatic carbocycles. The lowest BCUT2D eigenvalue weighted by atomic mass is 9.88. The van der Waals surface area contributed by atoms with E-state index in [0.717, 1.165) is 10.9 Å². The fourth-order valence-electron chi connectivity index (χ4n) is 5.33. The molecular formula is C28H39N9O5. The number of fused-ring (bicyclic) bond motifs is 1. The molecule has 226 valence electrons. The molecule has 14 nitrogen and oxygen atoms in total. The van der Waals surface area contributed by atoms with Crippen LogP contribution in [-0.2, 0) is 25.5 Å². The van der Waals surface area contributed by atoms with Gasteiger partial charge in [-0.1, -0.05) is 6.07 Å². The summed E-state index contributed by atoms with van der Waals surface area (Å²) in [5, 5.41) is 7.04. The molecule has 0 bridgehead atoms. The summed E-state index contributed by atoms with van der Waals surface area (Å²) >= 11 is 0. The van der Waals surface area contributed by atoms with Gasteiger partial charge in [-0.3, -0.25) is 24.9 Å².